The molecule has 1 aliphatic heterocycles. The molecule has 8 nitrogen and oxygen atoms in total. The lowest BCUT2D eigenvalue weighted by atomic mass is 10.1. The van der Waals surface area contributed by atoms with Gasteiger partial charge in [-0.3, -0.25) is 19.7 Å². The predicted molar refractivity (Wildman–Crippen MR) is 76.2 cm³/mol. The van der Waals surface area contributed by atoms with Crippen LogP contribution in [-0.4, -0.2) is 48.3 Å². The number of benzene rings is 1. The van der Waals surface area contributed by atoms with Crippen molar-refractivity contribution in [2.75, 3.05) is 32.0 Å². The number of nitrogens with one attached hydrogen (secondary N) is 2. The topological polar surface area (TPSA) is 105 Å². The first kappa shape index (κ1) is 14.8. The lowest BCUT2D eigenvalue weighted by Gasteiger charge is -2.19. The van der Waals surface area contributed by atoms with Crippen LogP contribution < -0.4 is 10.6 Å². The fourth-order valence-corrected chi connectivity index (χ4v) is 2.16. The maximum Gasteiger partial charge on any atom is 0.282 e. The maximum absolute atomic E-state index is 12.5. The van der Waals surface area contributed by atoms with Gasteiger partial charge >= 0.3 is 0 Å². The molecule has 0 aliphatic carbocycles. The Morgan fingerprint density at radius 1 is 1.43 bits per heavy atom. The van der Waals surface area contributed by atoms with Gasteiger partial charge in [-0.25, -0.2) is 0 Å². The van der Waals surface area contributed by atoms with E-state index in [0.717, 1.165) is 0 Å². The average molecular weight is 292 g/mol. The molecule has 112 valence electrons. The molecule has 2 rings (SSSR count). The summed E-state index contributed by atoms with van der Waals surface area (Å²) >= 11 is 0. The van der Waals surface area contributed by atoms with Crippen LogP contribution in [0.25, 0.3) is 0 Å². The minimum absolute atomic E-state index is 0.0289. The standard InChI is InChI=1S/C13H16N4O4/c1-14-9-2-3-11(17(20)21)10(8-9)13(19)16-6-4-12(18)15-5-7-16/h2-3,8,14H,4-7H2,1H3,(H,15,18). The van der Waals surface area contributed by atoms with E-state index in [-0.39, 0.29) is 30.1 Å². The zero-order chi connectivity index (χ0) is 15.4. The average Bonchev–Trinajstić information content (AvgIpc) is 2.70. The number of hydrogen-bond donors (Lipinski definition) is 2. The van der Waals surface area contributed by atoms with Crippen LogP contribution in [0.2, 0.25) is 0 Å². The second kappa shape index (κ2) is 6.21. The van der Waals surface area contributed by atoms with Gasteiger partial charge in [0.15, 0.2) is 0 Å². The number of hydrogen-bond acceptors (Lipinski definition) is 5. The molecule has 8 heteroatoms. The summed E-state index contributed by atoms with van der Waals surface area (Å²) in [5.74, 6) is -0.556. The zero-order valence-corrected chi connectivity index (χ0v) is 11.6. The highest BCUT2D eigenvalue weighted by Crippen LogP contribution is 2.24. The Bertz CT molecular complexity index is 588. The molecule has 21 heavy (non-hydrogen) atoms. The Morgan fingerprint density at radius 2 is 2.19 bits per heavy atom. The summed E-state index contributed by atoms with van der Waals surface area (Å²) in [5, 5.41) is 16.6. The van der Waals surface area contributed by atoms with Crippen LogP contribution in [-0.2, 0) is 4.79 Å². The van der Waals surface area contributed by atoms with Gasteiger partial charge in [-0.05, 0) is 12.1 Å². The summed E-state index contributed by atoms with van der Waals surface area (Å²) in [4.78, 5) is 35.8. The van der Waals surface area contributed by atoms with Crippen LogP contribution in [0, 0.1) is 10.1 Å². The van der Waals surface area contributed by atoms with Gasteiger partial charge in [0, 0.05) is 44.9 Å². The van der Waals surface area contributed by atoms with Crippen LogP contribution in [0.15, 0.2) is 18.2 Å². The lowest BCUT2D eigenvalue weighted by Crippen LogP contribution is -2.34. The molecular formula is C13H16N4O4. The molecule has 0 unspecified atom stereocenters. The van der Waals surface area contributed by atoms with Crippen molar-refractivity contribution in [2.24, 2.45) is 0 Å². The molecule has 0 spiro atoms. The van der Waals surface area contributed by atoms with E-state index in [1.807, 2.05) is 0 Å². The third-order valence-corrected chi connectivity index (χ3v) is 3.31. The van der Waals surface area contributed by atoms with Gasteiger partial charge in [0.1, 0.15) is 5.56 Å². The van der Waals surface area contributed by atoms with Crippen molar-refractivity contribution in [1.29, 1.82) is 0 Å². The third kappa shape index (κ3) is 3.28. The van der Waals surface area contributed by atoms with E-state index in [1.165, 1.54) is 17.0 Å². The largest absolute Gasteiger partial charge is 0.388 e. The predicted octanol–water partition coefficient (Wildman–Crippen LogP) is 0.599. The van der Waals surface area contributed by atoms with E-state index in [0.29, 0.717) is 18.8 Å². The van der Waals surface area contributed by atoms with E-state index in [1.54, 1.807) is 13.1 Å². The molecule has 1 aliphatic rings. The fraction of sp³-hybridized carbons (Fsp3) is 0.385. The second-order valence-corrected chi connectivity index (χ2v) is 4.63. The molecule has 1 saturated heterocycles. The summed E-state index contributed by atoms with van der Waals surface area (Å²) < 4.78 is 0. The first-order valence-corrected chi connectivity index (χ1v) is 6.55. The van der Waals surface area contributed by atoms with Gasteiger partial charge in [-0.2, -0.15) is 0 Å². The van der Waals surface area contributed by atoms with Crippen molar-refractivity contribution in [3.8, 4) is 0 Å². The number of rotatable bonds is 3. The molecule has 0 saturated carbocycles. The molecule has 0 radical (unpaired) electrons. The number of nitro benzene ring substituents is 1. The van der Waals surface area contributed by atoms with Gasteiger partial charge in [0.25, 0.3) is 11.6 Å². The molecule has 1 fully saturated rings. The van der Waals surface area contributed by atoms with Crippen molar-refractivity contribution >= 4 is 23.2 Å². The summed E-state index contributed by atoms with van der Waals surface area (Å²) in [6, 6.07) is 4.31. The first-order chi connectivity index (χ1) is 10.0. The molecule has 0 atom stereocenters. The quantitative estimate of drug-likeness (QED) is 0.627. The number of anilines is 1. The summed E-state index contributed by atoms with van der Waals surface area (Å²) in [6.45, 7) is 0.946. The van der Waals surface area contributed by atoms with Crippen LogP contribution in [0.4, 0.5) is 11.4 Å². The number of nitrogens with zero attached hydrogens (tertiary/aromatic N) is 2. The first-order valence-electron chi connectivity index (χ1n) is 6.55. The molecule has 1 heterocycles. The second-order valence-electron chi connectivity index (χ2n) is 4.63. The third-order valence-electron chi connectivity index (χ3n) is 3.31. The molecule has 1 aromatic rings. The van der Waals surface area contributed by atoms with E-state index < -0.39 is 10.8 Å². The summed E-state index contributed by atoms with van der Waals surface area (Å²) in [6.07, 6.45) is 0.200. The van der Waals surface area contributed by atoms with E-state index >= 15 is 0 Å². The Hall–Kier alpha value is -2.64. The van der Waals surface area contributed by atoms with Crippen LogP contribution in [0.5, 0.6) is 0 Å². The molecule has 0 aromatic heterocycles. The van der Waals surface area contributed by atoms with Crippen molar-refractivity contribution in [3.63, 3.8) is 0 Å². The fourth-order valence-electron chi connectivity index (χ4n) is 2.16. The van der Waals surface area contributed by atoms with Gasteiger partial charge in [-0.15, -0.1) is 0 Å². The lowest BCUT2D eigenvalue weighted by molar-refractivity contribution is -0.385. The number of carbonyl (C=O) groups is 2. The highest BCUT2D eigenvalue weighted by Gasteiger charge is 2.26. The number of carbonyl (C=O) groups excluding carboxylic acids is 2. The summed E-state index contributed by atoms with van der Waals surface area (Å²) in [5.41, 5.74) is 0.414. The van der Waals surface area contributed by atoms with Gasteiger partial charge in [-0.1, -0.05) is 0 Å². The molecular weight excluding hydrogens is 276 g/mol. The molecule has 1 aromatic carbocycles. The Kier molecular flexibility index (Phi) is 4.36. The van der Waals surface area contributed by atoms with Crippen molar-refractivity contribution in [1.82, 2.24) is 10.2 Å². The van der Waals surface area contributed by atoms with Crippen LogP contribution in [0.1, 0.15) is 16.8 Å². The number of nitro groups is 1. The van der Waals surface area contributed by atoms with Crippen molar-refractivity contribution in [3.05, 3.63) is 33.9 Å². The SMILES string of the molecule is CNc1ccc([N+](=O)[O-])c(C(=O)N2CCNC(=O)CC2)c1. The smallest absolute Gasteiger partial charge is 0.282 e. The molecule has 2 N–H and O–H groups in total. The minimum Gasteiger partial charge on any atom is -0.388 e. The van der Waals surface area contributed by atoms with Gasteiger partial charge < -0.3 is 15.5 Å². The van der Waals surface area contributed by atoms with Gasteiger partial charge in [0.05, 0.1) is 4.92 Å². The molecule has 2 amide bonds. The molecule has 0 bridgehead atoms. The zero-order valence-electron chi connectivity index (χ0n) is 11.6. The van der Waals surface area contributed by atoms with E-state index in [2.05, 4.69) is 10.6 Å². The van der Waals surface area contributed by atoms with Crippen molar-refractivity contribution in [2.45, 2.75) is 6.42 Å². The Labute approximate surface area is 121 Å². The summed E-state index contributed by atoms with van der Waals surface area (Å²) in [7, 11) is 1.67. The van der Waals surface area contributed by atoms with Gasteiger partial charge in [0.2, 0.25) is 5.91 Å². The van der Waals surface area contributed by atoms with E-state index in [9.17, 15) is 19.7 Å². The van der Waals surface area contributed by atoms with Crippen LogP contribution >= 0.6 is 0 Å². The monoisotopic (exact) mass is 292 g/mol. The van der Waals surface area contributed by atoms with Crippen LogP contribution in [0.3, 0.4) is 0 Å². The Balaban J connectivity index is 2.32. The minimum atomic E-state index is -0.575. The highest BCUT2D eigenvalue weighted by molar-refractivity contribution is 5.99. The Morgan fingerprint density at radius 3 is 2.86 bits per heavy atom. The van der Waals surface area contributed by atoms with Crippen molar-refractivity contribution < 1.29 is 14.5 Å². The maximum atomic E-state index is 12.5. The normalized spacial score (nSPS) is 15.1. The number of amides is 2. The van der Waals surface area contributed by atoms with E-state index in [4.69, 9.17) is 0 Å². The highest BCUT2D eigenvalue weighted by atomic mass is 16.6.